The monoisotopic (exact) mass is 379 g/mol. The maximum absolute atomic E-state index is 13.7. The van der Waals surface area contributed by atoms with Crippen molar-refractivity contribution >= 4 is 27.5 Å². The predicted octanol–water partition coefficient (Wildman–Crippen LogP) is 2.66. The first-order valence-corrected chi connectivity index (χ1v) is 8.17. The Morgan fingerprint density at radius 3 is 2.87 bits per heavy atom. The van der Waals surface area contributed by atoms with Crippen molar-refractivity contribution in [2.45, 2.75) is 32.2 Å². The first-order chi connectivity index (χ1) is 11.0. The zero-order chi connectivity index (χ0) is 16.4. The lowest BCUT2D eigenvalue weighted by Crippen LogP contribution is -2.31. The minimum absolute atomic E-state index is 0.0733. The summed E-state index contributed by atoms with van der Waals surface area (Å²) in [6.07, 6.45) is 3.77. The molecule has 3 rings (SSSR count). The van der Waals surface area contributed by atoms with E-state index in [2.05, 4.69) is 26.3 Å². The highest BCUT2D eigenvalue weighted by Crippen LogP contribution is 2.19. The molecule has 23 heavy (non-hydrogen) atoms. The van der Waals surface area contributed by atoms with Gasteiger partial charge in [0.15, 0.2) is 0 Å². The molecular formula is C16H15BrFN3O2. The molecule has 1 aromatic carbocycles. The predicted molar refractivity (Wildman–Crippen MR) is 87.9 cm³/mol. The fourth-order valence-corrected chi connectivity index (χ4v) is 2.96. The summed E-state index contributed by atoms with van der Waals surface area (Å²) >= 11 is 3.15. The molecule has 5 nitrogen and oxygen atoms in total. The van der Waals surface area contributed by atoms with Gasteiger partial charge in [0, 0.05) is 10.5 Å². The van der Waals surface area contributed by atoms with E-state index in [1.165, 1.54) is 12.1 Å². The minimum Gasteiger partial charge on any atom is -0.322 e. The van der Waals surface area contributed by atoms with Gasteiger partial charge in [-0.3, -0.25) is 9.59 Å². The number of hydrogen-bond acceptors (Lipinski definition) is 3. The summed E-state index contributed by atoms with van der Waals surface area (Å²) in [6.45, 7) is -0.235. The summed E-state index contributed by atoms with van der Waals surface area (Å²) in [4.78, 5) is 24.1. The average molecular weight is 380 g/mol. The lowest BCUT2D eigenvalue weighted by molar-refractivity contribution is -0.117. The van der Waals surface area contributed by atoms with E-state index in [4.69, 9.17) is 0 Å². The average Bonchev–Trinajstić information content (AvgIpc) is 2.51. The van der Waals surface area contributed by atoms with E-state index in [9.17, 15) is 14.0 Å². The van der Waals surface area contributed by atoms with Gasteiger partial charge < -0.3 is 5.32 Å². The summed E-state index contributed by atoms with van der Waals surface area (Å²) in [5, 5.41) is 6.73. The van der Waals surface area contributed by atoms with Crippen LogP contribution in [0, 0.1) is 5.82 Å². The van der Waals surface area contributed by atoms with Gasteiger partial charge in [-0.15, -0.1) is 0 Å². The number of nitrogens with zero attached hydrogens (tertiary/aromatic N) is 2. The molecule has 1 aliphatic rings. The summed E-state index contributed by atoms with van der Waals surface area (Å²) < 4.78 is 15.4. The van der Waals surface area contributed by atoms with E-state index in [0.29, 0.717) is 4.47 Å². The second kappa shape index (κ2) is 6.62. The number of nitrogens with one attached hydrogen (secondary N) is 1. The zero-order valence-electron chi connectivity index (χ0n) is 12.3. The van der Waals surface area contributed by atoms with Gasteiger partial charge in [0.05, 0.1) is 11.4 Å². The molecule has 1 N–H and O–H groups in total. The Morgan fingerprint density at radius 2 is 2.09 bits per heavy atom. The number of anilines is 1. The molecule has 0 unspecified atom stereocenters. The second-order valence-electron chi connectivity index (χ2n) is 5.49. The lowest BCUT2D eigenvalue weighted by atomic mass is 9.97. The van der Waals surface area contributed by atoms with Crippen LogP contribution in [0.3, 0.4) is 0 Å². The van der Waals surface area contributed by atoms with Gasteiger partial charge in [-0.25, -0.2) is 9.07 Å². The molecular weight excluding hydrogens is 365 g/mol. The smallest absolute Gasteiger partial charge is 0.267 e. The highest BCUT2D eigenvalue weighted by atomic mass is 79.9. The number of aromatic nitrogens is 2. The van der Waals surface area contributed by atoms with Crippen molar-refractivity contribution in [3.05, 3.63) is 56.2 Å². The van der Waals surface area contributed by atoms with Crippen molar-refractivity contribution in [1.82, 2.24) is 9.78 Å². The second-order valence-corrected chi connectivity index (χ2v) is 6.41. The quantitative estimate of drug-likeness (QED) is 0.891. The molecule has 1 amide bonds. The van der Waals surface area contributed by atoms with Crippen LogP contribution in [-0.2, 0) is 24.2 Å². The van der Waals surface area contributed by atoms with Gasteiger partial charge in [0.2, 0.25) is 5.91 Å². The van der Waals surface area contributed by atoms with Crippen molar-refractivity contribution in [2.24, 2.45) is 0 Å². The normalized spacial score (nSPS) is 13.5. The van der Waals surface area contributed by atoms with Gasteiger partial charge in [-0.2, -0.15) is 5.10 Å². The van der Waals surface area contributed by atoms with E-state index >= 15 is 0 Å². The summed E-state index contributed by atoms with van der Waals surface area (Å²) in [7, 11) is 0. The molecule has 0 saturated heterocycles. The van der Waals surface area contributed by atoms with Crippen LogP contribution in [0.4, 0.5) is 10.1 Å². The zero-order valence-corrected chi connectivity index (χ0v) is 13.9. The van der Waals surface area contributed by atoms with Crippen molar-refractivity contribution in [3.63, 3.8) is 0 Å². The van der Waals surface area contributed by atoms with E-state index < -0.39 is 11.7 Å². The fourth-order valence-electron chi connectivity index (χ4n) is 2.63. The molecule has 7 heteroatoms. The van der Waals surface area contributed by atoms with Crippen LogP contribution in [0.1, 0.15) is 24.1 Å². The minimum atomic E-state index is -0.543. The number of fused-ring (bicyclic) bond motifs is 1. The number of rotatable bonds is 3. The van der Waals surface area contributed by atoms with Crippen LogP contribution >= 0.6 is 15.9 Å². The van der Waals surface area contributed by atoms with E-state index in [1.807, 2.05) is 0 Å². The molecule has 0 fully saturated rings. The molecule has 0 spiro atoms. The number of halogens is 2. The van der Waals surface area contributed by atoms with Gasteiger partial charge in [0.25, 0.3) is 5.56 Å². The van der Waals surface area contributed by atoms with Crippen LogP contribution in [0.15, 0.2) is 33.5 Å². The number of benzene rings is 1. The lowest BCUT2D eigenvalue weighted by Gasteiger charge is -2.15. The summed E-state index contributed by atoms with van der Waals surface area (Å²) in [5.74, 6) is -1.03. The maximum atomic E-state index is 13.7. The number of aryl methyl sites for hydroxylation is 2. The van der Waals surface area contributed by atoms with E-state index in [-0.39, 0.29) is 17.8 Å². The molecule has 0 aliphatic heterocycles. The van der Waals surface area contributed by atoms with E-state index in [1.54, 1.807) is 12.1 Å². The highest BCUT2D eigenvalue weighted by Gasteiger charge is 2.15. The van der Waals surface area contributed by atoms with Crippen molar-refractivity contribution in [1.29, 1.82) is 0 Å². The van der Waals surface area contributed by atoms with Gasteiger partial charge in [-0.1, -0.05) is 15.9 Å². The fraction of sp³-hybridized carbons (Fsp3) is 0.312. The van der Waals surface area contributed by atoms with E-state index in [0.717, 1.165) is 41.6 Å². The molecule has 0 atom stereocenters. The standard InChI is InChI=1S/C16H15BrFN3O2/c17-11-5-6-14(12(18)8-11)19-15(22)9-21-16(23)7-10-3-1-2-4-13(10)20-21/h5-8H,1-4,9H2,(H,19,22). The summed E-state index contributed by atoms with van der Waals surface area (Å²) in [5.41, 5.74) is 1.61. The third-order valence-corrected chi connectivity index (χ3v) is 4.27. The molecule has 2 aromatic rings. The van der Waals surface area contributed by atoms with Gasteiger partial charge in [-0.05, 0) is 49.4 Å². The molecule has 0 bridgehead atoms. The van der Waals surface area contributed by atoms with Crippen LogP contribution in [-0.4, -0.2) is 15.7 Å². The van der Waals surface area contributed by atoms with Crippen LogP contribution in [0.5, 0.6) is 0 Å². The Hall–Kier alpha value is -2.02. The maximum Gasteiger partial charge on any atom is 0.267 e. The molecule has 0 saturated carbocycles. The highest BCUT2D eigenvalue weighted by molar-refractivity contribution is 9.10. The number of carbonyl (C=O) groups excluding carboxylic acids is 1. The Morgan fingerprint density at radius 1 is 1.30 bits per heavy atom. The molecule has 120 valence electrons. The number of carbonyl (C=O) groups is 1. The van der Waals surface area contributed by atoms with Crippen LogP contribution in [0.2, 0.25) is 0 Å². The Labute approximate surface area is 140 Å². The molecule has 0 radical (unpaired) electrons. The Bertz CT molecular complexity index is 819. The first-order valence-electron chi connectivity index (χ1n) is 7.38. The molecule has 1 aromatic heterocycles. The Balaban J connectivity index is 1.76. The van der Waals surface area contributed by atoms with Gasteiger partial charge >= 0.3 is 0 Å². The number of amides is 1. The van der Waals surface area contributed by atoms with Gasteiger partial charge in [0.1, 0.15) is 12.4 Å². The third-order valence-electron chi connectivity index (χ3n) is 3.77. The van der Waals surface area contributed by atoms with Crippen molar-refractivity contribution < 1.29 is 9.18 Å². The largest absolute Gasteiger partial charge is 0.322 e. The molecule has 1 heterocycles. The topological polar surface area (TPSA) is 64.0 Å². The summed E-state index contributed by atoms with van der Waals surface area (Å²) in [6, 6.07) is 5.90. The number of hydrogen-bond donors (Lipinski definition) is 1. The molecule has 1 aliphatic carbocycles. The first kappa shape index (κ1) is 15.9. The third kappa shape index (κ3) is 3.67. The SMILES string of the molecule is O=C(Cn1nc2c(cc1=O)CCCC2)Nc1ccc(Br)cc1F. The van der Waals surface area contributed by atoms with Crippen LogP contribution in [0.25, 0.3) is 0 Å². The Kier molecular flexibility index (Phi) is 4.56. The van der Waals surface area contributed by atoms with Crippen molar-refractivity contribution in [3.8, 4) is 0 Å². The van der Waals surface area contributed by atoms with Crippen molar-refractivity contribution in [2.75, 3.05) is 5.32 Å². The van der Waals surface area contributed by atoms with Crippen LogP contribution < -0.4 is 10.9 Å².